The molecule has 8 heteroatoms. The Morgan fingerprint density at radius 3 is 2.74 bits per heavy atom. The monoisotopic (exact) mass is 422 g/mol. The number of hydrogen-bond donors (Lipinski definition) is 2. The molecule has 0 unspecified atom stereocenters. The summed E-state index contributed by atoms with van der Waals surface area (Å²) < 4.78 is 11.4. The minimum absolute atomic E-state index is 0.0747. The van der Waals surface area contributed by atoms with Crippen LogP contribution in [0.15, 0.2) is 41.2 Å². The van der Waals surface area contributed by atoms with E-state index < -0.39 is 0 Å². The van der Waals surface area contributed by atoms with E-state index in [9.17, 15) is 4.79 Å². The van der Waals surface area contributed by atoms with E-state index in [-0.39, 0.29) is 12.2 Å². The van der Waals surface area contributed by atoms with Gasteiger partial charge in [-0.05, 0) is 29.8 Å². The van der Waals surface area contributed by atoms with Gasteiger partial charge in [-0.25, -0.2) is 5.10 Å². The minimum atomic E-state index is -0.205. The molecule has 5 rings (SSSR count). The topological polar surface area (TPSA) is 90.9 Å². The number of hydrogen-bond acceptors (Lipinski definition) is 7. The number of aliphatic hydroxyl groups excluding tert-OH is 1. The third kappa shape index (κ3) is 4.07. The van der Waals surface area contributed by atoms with Gasteiger partial charge in [0.1, 0.15) is 17.2 Å². The minimum Gasteiger partial charge on any atom is -0.456 e. The molecule has 31 heavy (non-hydrogen) atoms. The van der Waals surface area contributed by atoms with Crippen LogP contribution in [0.4, 0.5) is 0 Å². The number of ether oxygens (including phenoxy) is 2. The van der Waals surface area contributed by atoms with E-state index in [1.807, 2.05) is 18.2 Å². The molecule has 1 fully saturated rings. The lowest BCUT2D eigenvalue weighted by Gasteiger charge is -2.34. The van der Waals surface area contributed by atoms with Gasteiger partial charge in [0.05, 0.1) is 30.6 Å². The Hall–Kier alpha value is -2.78. The summed E-state index contributed by atoms with van der Waals surface area (Å²) in [4.78, 5) is 17.0. The van der Waals surface area contributed by atoms with Gasteiger partial charge in [-0.3, -0.25) is 14.6 Å². The molecule has 1 saturated heterocycles. The highest BCUT2D eigenvalue weighted by molar-refractivity contribution is 6.01. The van der Waals surface area contributed by atoms with E-state index in [0.717, 1.165) is 61.7 Å². The van der Waals surface area contributed by atoms with Crippen molar-refractivity contribution in [3.05, 3.63) is 52.3 Å². The second-order valence-corrected chi connectivity index (χ2v) is 7.97. The molecule has 0 radical (unpaired) electrons. The van der Waals surface area contributed by atoms with Gasteiger partial charge in [0.25, 0.3) is 5.56 Å². The Bertz CT molecular complexity index is 1140. The van der Waals surface area contributed by atoms with Crippen molar-refractivity contribution in [3.8, 4) is 22.8 Å². The van der Waals surface area contributed by atoms with Crippen LogP contribution < -0.4 is 10.3 Å². The fourth-order valence-electron chi connectivity index (χ4n) is 4.32. The van der Waals surface area contributed by atoms with Gasteiger partial charge >= 0.3 is 0 Å². The summed E-state index contributed by atoms with van der Waals surface area (Å²) in [5, 5.41) is 17.1. The van der Waals surface area contributed by atoms with Gasteiger partial charge in [0, 0.05) is 44.8 Å². The largest absolute Gasteiger partial charge is 0.456 e. The van der Waals surface area contributed by atoms with Gasteiger partial charge in [-0.1, -0.05) is 12.1 Å². The first kappa shape index (κ1) is 20.1. The van der Waals surface area contributed by atoms with Crippen molar-refractivity contribution >= 4 is 10.8 Å². The summed E-state index contributed by atoms with van der Waals surface area (Å²) in [6.45, 7) is 6.91. The zero-order chi connectivity index (χ0) is 21.2. The molecule has 0 bridgehead atoms. The average molecular weight is 422 g/mol. The number of H-pyrrole nitrogens is 1. The molecule has 0 spiro atoms. The van der Waals surface area contributed by atoms with Crippen molar-refractivity contribution in [3.63, 3.8) is 0 Å². The molecule has 0 amide bonds. The molecule has 1 aromatic heterocycles. The zero-order valence-corrected chi connectivity index (χ0v) is 17.3. The van der Waals surface area contributed by atoms with Gasteiger partial charge in [-0.2, -0.15) is 5.10 Å². The molecule has 3 heterocycles. The zero-order valence-electron chi connectivity index (χ0n) is 17.3. The quantitative estimate of drug-likeness (QED) is 0.439. The molecule has 8 nitrogen and oxygen atoms in total. The van der Waals surface area contributed by atoms with Gasteiger partial charge in [0.15, 0.2) is 0 Å². The number of aromatic amines is 1. The second-order valence-electron chi connectivity index (χ2n) is 7.97. The summed E-state index contributed by atoms with van der Waals surface area (Å²) in [5.74, 6) is 1.43. The van der Waals surface area contributed by atoms with Crippen molar-refractivity contribution in [2.24, 2.45) is 0 Å². The molecule has 2 aliphatic rings. The number of nitrogens with one attached hydrogen (secondary N) is 1. The van der Waals surface area contributed by atoms with E-state index in [2.05, 4.69) is 32.1 Å². The molecule has 3 aromatic rings. The van der Waals surface area contributed by atoms with Crippen LogP contribution in [0.25, 0.3) is 22.0 Å². The molecular weight excluding hydrogens is 396 g/mol. The summed E-state index contributed by atoms with van der Waals surface area (Å²) in [5.41, 5.74) is 2.67. The standard InChI is InChI=1S/C23H26N4O4/c28-11-13-30-12-10-26-6-8-27(9-7-26)15-16-4-5-19-18(14-16)22-21-17(23(29)25-24-22)2-1-3-20(21)31-19/h1-5,14,28H,6-13,15H2,(H,25,29). The number of rotatable bonds is 7. The van der Waals surface area contributed by atoms with Crippen LogP contribution in [0.5, 0.6) is 11.5 Å². The van der Waals surface area contributed by atoms with Crippen molar-refractivity contribution in [1.29, 1.82) is 0 Å². The highest BCUT2D eigenvalue weighted by Crippen LogP contribution is 2.44. The molecule has 2 aliphatic heterocycles. The normalized spacial score (nSPS) is 16.3. The maximum atomic E-state index is 12.2. The average Bonchev–Trinajstić information content (AvgIpc) is 2.80. The summed E-state index contributed by atoms with van der Waals surface area (Å²) in [7, 11) is 0. The lowest BCUT2D eigenvalue weighted by molar-refractivity contribution is 0.0564. The van der Waals surface area contributed by atoms with Crippen LogP contribution in [0, 0.1) is 0 Å². The maximum absolute atomic E-state index is 12.2. The molecule has 0 atom stereocenters. The Kier molecular flexibility index (Phi) is 5.69. The fourth-order valence-corrected chi connectivity index (χ4v) is 4.32. The molecule has 2 aromatic carbocycles. The van der Waals surface area contributed by atoms with E-state index in [0.29, 0.717) is 24.3 Å². The third-order valence-corrected chi connectivity index (χ3v) is 5.95. The SMILES string of the molecule is O=c1[nH]nc2c3c(cccc13)Oc1ccc(CN3CCN(CCOCCO)CC3)cc1-2. The predicted octanol–water partition coefficient (Wildman–Crippen LogP) is 1.82. The number of nitrogens with zero attached hydrogens (tertiary/aromatic N) is 3. The predicted molar refractivity (Wildman–Crippen MR) is 117 cm³/mol. The molecular formula is C23H26N4O4. The van der Waals surface area contributed by atoms with E-state index in [4.69, 9.17) is 14.6 Å². The summed E-state index contributed by atoms with van der Waals surface area (Å²) in [6, 6.07) is 11.7. The van der Waals surface area contributed by atoms with Gasteiger partial charge < -0.3 is 14.6 Å². The van der Waals surface area contributed by atoms with Crippen molar-refractivity contribution in [1.82, 2.24) is 20.0 Å². The first-order chi connectivity index (χ1) is 15.2. The highest BCUT2D eigenvalue weighted by atomic mass is 16.5. The Balaban J connectivity index is 1.30. The van der Waals surface area contributed by atoms with Crippen LogP contribution >= 0.6 is 0 Å². The number of fused-ring (bicyclic) bond motifs is 2. The maximum Gasteiger partial charge on any atom is 0.272 e. The molecule has 0 aliphatic carbocycles. The summed E-state index contributed by atoms with van der Waals surface area (Å²) >= 11 is 0. The third-order valence-electron chi connectivity index (χ3n) is 5.95. The number of piperazine rings is 1. The fraction of sp³-hybridized carbons (Fsp3) is 0.391. The van der Waals surface area contributed by atoms with Crippen LogP contribution in [-0.4, -0.2) is 77.6 Å². The van der Waals surface area contributed by atoms with Crippen LogP contribution in [0.2, 0.25) is 0 Å². The van der Waals surface area contributed by atoms with E-state index in [1.54, 1.807) is 6.07 Å². The number of benzene rings is 2. The summed E-state index contributed by atoms with van der Waals surface area (Å²) in [6.07, 6.45) is 0. The number of aliphatic hydroxyl groups is 1. The van der Waals surface area contributed by atoms with Crippen molar-refractivity contribution in [2.45, 2.75) is 6.54 Å². The first-order valence-corrected chi connectivity index (χ1v) is 10.7. The molecule has 162 valence electrons. The number of aromatic nitrogens is 2. The van der Waals surface area contributed by atoms with Crippen LogP contribution in [0.1, 0.15) is 5.56 Å². The lowest BCUT2D eigenvalue weighted by Crippen LogP contribution is -2.46. The highest BCUT2D eigenvalue weighted by Gasteiger charge is 2.24. The van der Waals surface area contributed by atoms with Crippen molar-refractivity contribution < 1.29 is 14.6 Å². The Morgan fingerprint density at radius 2 is 1.90 bits per heavy atom. The van der Waals surface area contributed by atoms with Crippen LogP contribution in [0.3, 0.4) is 0 Å². The van der Waals surface area contributed by atoms with Crippen molar-refractivity contribution in [2.75, 3.05) is 52.5 Å². The van der Waals surface area contributed by atoms with Gasteiger partial charge in [0.2, 0.25) is 0 Å². The van der Waals surface area contributed by atoms with Crippen LogP contribution in [-0.2, 0) is 11.3 Å². The van der Waals surface area contributed by atoms with E-state index in [1.165, 1.54) is 5.56 Å². The first-order valence-electron chi connectivity index (χ1n) is 10.7. The smallest absolute Gasteiger partial charge is 0.272 e. The molecule has 2 N–H and O–H groups in total. The Labute approximate surface area is 180 Å². The lowest BCUT2D eigenvalue weighted by atomic mass is 9.99. The second kappa shape index (κ2) is 8.76. The van der Waals surface area contributed by atoms with Gasteiger partial charge in [-0.15, -0.1) is 0 Å². The Morgan fingerprint density at radius 1 is 1.06 bits per heavy atom. The molecule has 0 saturated carbocycles. The van der Waals surface area contributed by atoms with E-state index >= 15 is 0 Å².